The Morgan fingerprint density at radius 2 is 2.20 bits per heavy atom. The van der Waals surface area contributed by atoms with Gasteiger partial charge >= 0.3 is 0 Å². The molecule has 0 fully saturated rings. The third-order valence-corrected chi connectivity index (χ3v) is 3.82. The summed E-state index contributed by atoms with van der Waals surface area (Å²) in [5, 5.41) is 4.06. The number of nitrogens with one attached hydrogen (secondary N) is 1. The fourth-order valence-corrected chi connectivity index (χ4v) is 2.88. The summed E-state index contributed by atoms with van der Waals surface area (Å²) >= 11 is 1.28. The Bertz CT molecular complexity index is 727. The molecule has 0 atom stereocenters. The monoisotopic (exact) mass is 314 g/mol. The van der Waals surface area contributed by atoms with Crippen molar-refractivity contribution in [2.24, 2.45) is 0 Å². The molecule has 0 unspecified atom stereocenters. The van der Waals surface area contributed by atoms with Crippen LogP contribution in [0.3, 0.4) is 0 Å². The topological polar surface area (TPSA) is 76.1 Å². The first-order valence-electron chi connectivity index (χ1n) is 5.51. The van der Waals surface area contributed by atoms with E-state index in [1.165, 1.54) is 29.0 Å². The minimum Gasteiger partial charge on any atom is -0.321 e. The van der Waals surface area contributed by atoms with Crippen molar-refractivity contribution in [3.63, 3.8) is 0 Å². The number of thiazole rings is 1. The number of carbonyl (C=O) groups is 1. The van der Waals surface area contributed by atoms with Crippen LogP contribution in [-0.2, 0) is 15.6 Å². The Morgan fingerprint density at radius 1 is 1.45 bits per heavy atom. The quantitative estimate of drug-likeness (QED) is 0.937. The van der Waals surface area contributed by atoms with E-state index in [2.05, 4.69) is 10.3 Å². The van der Waals surface area contributed by atoms with Crippen LogP contribution in [0.5, 0.6) is 0 Å². The zero-order valence-corrected chi connectivity index (χ0v) is 12.1. The second-order valence-corrected chi connectivity index (χ2v) is 7.06. The highest BCUT2D eigenvalue weighted by Gasteiger charge is 2.12. The number of benzene rings is 1. The number of sulfone groups is 1. The number of halogens is 1. The molecule has 0 aliphatic heterocycles. The van der Waals surface area contributed by atoms with E-state index in [9.17, 15) is 17.6 Å². The summed E-state index contributed by atoms with van der Waals surface area (Å²) in [6, 6.07) is 3.88. The average Bonchev–Trinajstić information content (AvgIpc) is 2.85. The summed E-state index contributed by atoms with van der Waals surface area (Å²) in [5.41, 5.74) is 2.08. The molecule has 1 aromatic carbocycles. The predicted molar refractivity (Wildman–Crippen MR) is 75.0 cm³/mol. The highest BCUT2D eigenvalue weighted by atomic mass is 32.2. The molecule has 0 bridgehead atoms. The lowest BCUT2D eigenvalue weighted by Crippen LogP contribution is -2.12. The molecule has 2 aromatic rings. The predicted octanol–water partition coefficient (Wildman–Crippen LogP) is 2.08. The van der Waals surface area contributed by atoms with Crippen LogP contribution >= 0.6 is 11.3 Å². The first-order valence-corrected chi connectivity index (χ1v) is 8.51. The van der Waals surface area contributed by atoms with E-state index in [-0.39, 0.29) is 22.7 Å². The molecule has 106 valence electrons. The van der Waals surface area contributed by atoms with Gasteiger partial charge in [-0.15, -0.1) is 11.3 Å². The molecular formula is C12H11FN2O3S2. The van der Waals surface area contributed by atoms with Crippen molar-refractivity contribution in [2.75, 3.05) is 11.6 Å². The lowest BCUT2D eigenvalue weighted by atomic mass is 10.2. The van der Waals surface area contributed by atoms with E-state index in [0.29, 0.717) is 0 Å². The molecule has 1 N–H and O–H groups in total. The largest absolute Gasteiger partial charge is 0.321 e. The van der Waals surface area contributed by atoms with Crippen molar-refractivity contribution in [1.29, 1.82) is 0 Å². The van der Waals surface area contributed by atoms with Gasteiger partial charge in [-0.2, -0.15) is 0 Å². The molecule has 0 spiro atoms. The maximum absolute atomic E-state index is 13.7. The van der Waals surface area contributed by atoms with Crippen LogP contribution in [0, 0.1) is 5.82 Å². The van der Waals surface area contributed by atoms with E-state index >= 15 is 0 Å². The van der Waals surface area contributed by atoms with Gasteiger partial charge < -0.3 is 5.32 Å². The van der Waals surface area contributed by atoms with Crippen LogP contribution in [0.2, 0.25) is 0 Å². The summed E-state index contributed by atoms with van der Waals surface area (Å²) in [6.07, 6.45) is 1.03. The van der Waals surface area contributed by atoms with Gasteiger partial charge in [-0.1, -0.05) is 6.07 Å². The lowest BCUT2D eigenvalue weighted by molar-refractivity contribution is 0.102. The molecule has 0 aliphatic rings. The minimum absolute atomic E-state index is 0.0687. The number of aromatic nitrogens is 1. The van der Waals surface area contributed by atoms with Gasteiger partial charge in [0.2, 0.25) is 0 Å². The van der Waals surface area contributed by atoms with Gasteiger partial charge in [0.15, 0.2) is 9.84 Å². The van der Waals surface area contributed by atoms with Crippen LogP contribution in [0.4, 0.5) is 10.1 Å². The molecule has 5 nitrogen and oxygen atoms in total. The summed E-state index contributed by atoms with van der Waals surface area (Å²) < 4.78 is 36.0. The molecular weight excluding hydrogens is 303 g/mol. The fraction of sp³-hybridized carbons (Fsp3) is 0.167. The number of hydrogen-bond donors (Lipinski definition) is 1. The summed E-state index contributed by atoms with van der Waals surface area (Å²) in [5.74, 6) is -1.49. The first kappa shape index (κ1) is 14.6. The van der Waals surface area contributed by atoms with Crippen LogP contribution < -0.4 is 5.32 Å². The van der Waals surface area contributed by atoms with Gasteiger partial charge in [0.05, 0.1) is 11.3 Å². The van der Waals surface area contributed by atoms with Gasteiger partial charge in [0.1, 0.15) is 11.5 Å². The fourth-order valence-electron chi connectivity index (χ4n) is 1.54. The number of rotatable bonds is 4. The van der Waals surface area contributed by atoms with Gasteiger partial charge in [-0.05, 0) is 12.1 Å². The van der Waals surface area contributed by atoms with Gasteiger partial charge in [-0.3, -0.25) is 4.79 Å². The molecule has 20 heavy (non-hydrogen) atoms. The molecule has 1 aromatic heterocycles. The molecule has 0 radical (unpaired) electrons. The highest BCUT2D eigenvalue weighted by molar-refractivity contribution is 7.89. The maximum atomic E-state index is 13.7. The first-order chi connectivity index (χ1) is 9.35. The second-order valence-electron chi connectivity index (χ2n) is 4.20. The molecule has 1 amide bonds. The van der Waals surface area contributed by atoms with Crippen LogP contribution in [0.25, 0.3) is 0 Å². The Morgan fingerprint density at radius 3 is 2.75 bits per heavy atom. The highest BCUT2D eigenvalue weighted by Crippen LogP contribution is 2.17. The van der Waals surface area contributed by atoms with E-state index in [0.717, 1.165) is 12.3 Å². The van der Waals surface area contributed by atoms with Crippen LogP contribution in [0.15, 0.2) is 29.1 Å². The standard InChI is InChI=1S/C12H11FN2O3S2/c1-20(17,18)6-8-2-3-9(4-10(8)13)15-12(16)11-5-19-7-14-11/h2-5,7H,6H2,1H3,(H,15,16). The van der Waals surface area contributed by atoms with Crippen molar-refractivity contribution in [3.8, 4) is 0 Å². The molecule has 2 rings (SSSR count). The molecule has 8 heteroatoms. The zero-order chi connectivity index (χ0) is 14.8. The van der Waals surface area contributed by atoms with Crippen molar-refractivity contribution < 1.29 is 17.6 Å². The lowest BCUT2D eigenvalue weighted by Gasteiger charge is -2.06. The van der Waals surface area contributed by atoms with Gasteiger partial charge in [0.25, 0.3) is 5.91 Å². The van der Waals surface area contributed by atoms with E-state index in [1.54, 1.807) is 5.38 Å². The summed E-state index contributed by atoms with van der Waals surface area (Å²) in [4.78, 5) is 15.5. The minimum atomic E-state index is -3.31. The molecule has 0 aliphatic carbocycles. The van der Waals surface area contributed by atoms with E-state index in [4.69, 9.17) is 0 Å². The van der Waals surface area contributed by atoms with Crippen molar-refractivity contribution in [1.82, 2.24) is 4.98 Å². The van der Waals surface area contributed by atoms with Crippen molar-refractivity contribution in [3.05, 3.63) is 46.2 Å². The zero-order valence-electron chi connectivity index (χ0n) is 10.5. The summed E-state index contributed by atoms with van der Waals surface area (Å²) in [6.45, 7) is 0. The maximum Gasteiger partial charge on any atom is 0.275 e. The Kier molecular flexibility index (Phi) is 4.15. The molecule has 0 saturated heterocycles. The third kappa shape index (κ3) is 3.84. The Hall–Kier alpha value is -1.80. The van der Waals surface area contributed by atoms with Gasteiger partial charge in [0, 0.05) is 22.9 Å². The number of hydrogen-bond acceptors (Lipinski definition) is 5. The number of amides is 1. The van der Waals surface area contributed by atoms with E-state index < -0.39 is 21.6 Å². The SMILES string of the molecule is CS(=O)(=O)Cc1ccc(NC(=O)c2cscn2)cc1F. The third-order valence-electron chi connectivity index (χ3n) is 2.39. The Balaban J connectivity index is 2.15. The smallest absolute Gasteiger partial charge is 0.275 e. The van der Waals surface area contributed by atoms with Crippen molar-refractivity contribution in [2.45, 2.75) is 5.75 Å². The number of carbonyl (C=O) groups excluding carboxylic acids is 1. The van der Waals surface area contributed by atoms with Crippen LogP contribution in [0.1, 0.15) is 16.1 Å². The van der Waals surface area contributed by atoms with Crippen molar-refractivity contribution >= 4 is 32.8 Å². The summed E-state index contributed by atoms with van der Waals surface area (Å²) in [7, 11) is -3.31. The number of anilines is 1. The molecule has 1 heterocycles. The molecule has 0 saturated carbocycles. The second kappa shape index (κ2) is 5.68. The van der Waals surface area contributed by atoms with E-state index in [1.807, 2.05) is 0 Å². The number of nitrogens with zero attached hydrogens (tertiary/aromatic N) is 1. The Labute approximate surface area is 119 Å². The average molecular weight is 314 g/mol. The van der Waals surface area contributed by atoms with Crippen LogP contribution in [-0.4, -0.2) is 25.6 Å². The normalized spacial score (nSPS) is 11.3. The van der Waals surface area contributed by atoms with Gasteiger partial charge in [-0.25, -0.2) is 17.8 Å².